The Labute approximate surface area is 91.0 Å². The molecule has 14 heavy (non-hydrogen) atoms. The molecule has 0 aromatic rings. The first-order valence-electron chi connectivity index (χ1n) is 5.46. The SMILES string of the molecule is CN1CCN(CC2(N)CCSC2)CC1. The number of rotatable bonds is 2. The van der Waals surface area contributed by atoms with Crippen LogP contribution in [-0.2, 0) is 0 Å². The van der Waals surface area contributed by atoms with E-state index in [1.165, 1.54) is 38.4 Å². The van der Waals surface area contributed by atoms with Gasteiger partial charge in [-0.3, -0.25) is 4.90 Å². The van der Waals surface area contributed by atoms with Crippen molar-refractivity contribution in [1.82, 2.24) is 9.80 Å². The molecule has 2 aliphatic rings. The average Bonchev–Trinajstić information content (AvgIpc) is 2.57. The molecule has 0 amide bonds. The number of hydrogen-bond acceptors (Lipinski definition) is 4. The van der Waals surface area contributed by atoms with E-state index in [1.54, 1.807) is 0 Å². The summed E-state index contributed by atoms with van der Waals surface area (Å²) in [5, 5.41) is 0. The molecular formula is C10H21N3S. The molecule has 0 bridgehead atoms. The van der Waals surface area contributed by atoms with E-state index in [2.05, 4.69) is 16.8 Å². The Morgan fingerprint density at radius 2 is 2.00 bits per heavy atom. The number of likely N-dealkylation sites (N-methyl/N-ethyl adjacent to an activating group) is 1. The predicted octanol–water partition coefficient (Wildman–Crippen LogP) is 0.0682. The minimum atomic E-state index is 0.112. The van der Waals surface area contributed by atoms with Crippen LogP contribution in [0.1, 0.15) is 6.42 Å². The highest BCUT2D eigenvalue weighted by Crippen LogP contribution is 2.26. The maximum atomic E-state index is 6.35. The van der Waals surface area contributed by atoms with Crippen LogP contribution in [0.4, 0.5) is 0 Å². The van der Waals surface area contributed by atoms with Gasteiger partial charge in [-0.1, -0.05) is 0 Å². The molecule has 2 rings (SSSR count). The van der Waals surface area contributed by atoms with Gasteiger partial charge in [-0.25, -0.2) is 0 Å². The van der Waals surface area contributed by atoms with E-state index in [9.17, 15) is 0 Å². The first kappa shape index (κ1) is 10.7. The smallest absolute Gasteiger partial charge is 0.0382 e. The molecule has 0 aliphatic carbocycles. The Hall–Kier alpha value is 0.230. The van der Waals surface area contributed by atoms with Crippen molar-refractivity contribution in [2.75, 3.05) is 51.3 Å². The molecule has 1 atom stereocenters. The molecular weight excluding hydrogens is 194 g/mol. The summed E-state index contributed by atoms with van der Waals surface area (Å²) < 4.78 is 0. The summed E-state index contributed by atoms with van der Waals surface area (Å²) in [4.78, 5) is 4.93. The maximum absolute atomic E-state index is 6.35. The normalized spacial score (nSPS) is 36.4. The second-order valence-electron chi connectivity index (χ2n) is 4.74. The fourth-order valence-corrected chi connectivity index (χ4v) is 3.54. The van der Waals surface area contributed by atoms with E-state index in [-0.39, 0.29) is 5.54 Å². The Kier molecular flexibility index (Phi) is 3.37. The highest BCUT2D eigenvalue weighted by Gasteiger charge is 2.32. The second-order valence-corrected chi connectivity index (χ2v) is 5.85. The fourth-order valence-electron chi connectivity index (χ4n) is 2.20. The van der Waals surface area contributed by atoms with Crippen LogP contribution in [-0.4, -0.2) is 66.6 Å². The van der Waals surface area contributed by atoms with Crippen molar-refractivity contribution < 1.29 is 0 Å². The molecule has 4 heteroatoms. The molecule has 1 unspecified atom stereocenters. The van der Waals surface area contributed by atoms with Crippen molar-refractivity contribution in [3.63, 3.8) is 0 Å². The molecule has 3 nitrogen and oxygen atoms in total. The Bertz CT molecular complexity index is 184. The van der Waals surface area contributed by atoms with Crippen molar-refractivity contribution in [3.8, 4) is 0 Å². The van der Waals surface area contributed by atoms with E-state index in [4.69, 9.17) is 5.73 Å². The van der Waals surface area contributed by atoms with Crippen molar-refractivity contribution in [2.45, 2.75) is 12.0 Å². The molecule has 2 heterocycles. The summed E-state index contributed by atoms with van der Waals surface area (Å²) in [5.41, 5.74) is 6.46. The minimum absolute atomic E-state index is 0.112. The van der Waals surface area contributed by atoms with Crippen LogP contribution in [0.25, 0.3) is 0 Å². The van der Waals surface area contributed by atoms with Gasteiger partial charge in [0.1, 0.15) is 0 Å². The molecule has 0 aromatic carbocycles. The van der Waals surface area contributed by atoms with Gasteiger partial charge in [-0.05, 0) is 19.2 Å². The van der Waals surface area contributed by atoms with Gasteiger partial charge in [0.2, 0.25) is 0 Å². The first-order chi connectivity index (χ1) is 6.68. The van der Waals surface area contributed by atoms with E-state index in [0.29, 0.717) is 0 Å². The lowest BCUT2D eigenvalue weighted by Crippen LogP contribution is -2.55. The summed E-state index contributed by atoms with van der Waals surface area (Å²) in [6.45, 7) is 5.89. The zero-order valence-corrected chi connectivity index (χ0v) is 9.85. The number of piperazine rings is 1. The summed E-state index contributed by atoms with van der Waals surface area (Å²) in [6, 6.07) is 0. The lowest BCUT2D eigenvalue weighted by atomic mass is 9.99. The Morgan fingerprint density at radius 1 is 1.29 bits per heavy atom. The maximum Gasteiger partial charge on any atom is 0.0382 e. The highest BCUT2D eigenvalue weighted by atomic mass is 32.2. The van der Waals surface area contributed by atoms with Gasteiger partial charge in [-0.15, -0.1) is 0 Å². The van der Waals surface area contributed by atoms with Crippen LogP contribution >= 0.6 is 11.8 Å². The monoisotopic (exact) mass is 215 g/mol. The minimum Gasteiger partial charge on any atom is -0.323 e. The number of nitrogens with zero attached hydrogens (tertiary/aromatic N) is 2. The average molecular weight is 215 g/mol. The van der Waals surface area contributed by atoms with E-state index in [1.807, 2.05) is 11.8 Å². The van der Waals surface area contributed by atoms with Gasteiger partial charge in [0.05, 0.1) is 0 Å². The third-order valence-corrected chi connectivity index (χ3v) is 4.54. The third-order valence-electron chi connectivity index (χ3n) is 3.27. The van der Waals surface area contributed by atoms with Crippen LogP contribution in [0.15, 0.2) is 0 Å². The van der Waals surface area contributed by atoms with Crippen molar-refractivity contribution in [2.24, 2.45) is 5.73 Å². The predicted molar refractivity (Wildman–Crippen MR) is 62.8 cm³/mol. The van der Waals surface area contributed by atoms with Crippen molar-refractivity contribution in [1.29, 1.82) is 0 Å². The Balaban J connectivity index is 1.79. The van der Waals surface area contributed by atoms with Crippen LogP contribution < -0.4 is 5.73 Å². The van der Waals surface area contributed by atoms with Crippen molar-refractivity contribution >= 4 is 11.8 Å². The second kappa shape index (κ2) is 4.39. The molecule has 0 aromatic heterocycles. The first-order valence-corrected chi connectivity index (χ1v) is 6.61. The van der Waals surface area contributed by atoms with Gasteiger partial charge >= 0.3 is 0 Å². The highest BCUT2D eigenvalue weighted by molar-refractivity contribution is 7.99. The number of thioether (sulfide) groups is 1. The van der Waals surface area contributed by atoms with Crippen molar-refractivity contribution in [3.05, 3.63) is 0 Å². The standard InChI is InChI=1S/C10H21N3S/c1-12-3-5-13(6-4-12)8-10(11)2-7-14-9-10/h2-9,11H2,1H3. The molecule has 2 aliphatic heterocycles. The quantitative estimate of drug-likeness (QED) is 0.706. The van der Waals surface area contributed by atoms with Gasteiger partial charge in [0.25, 0.3) is 0 Å². The van der Waals surface area contributed by atoms with Gasteiger partial charge < -0.3 is 10.6 Å². The molecule has 2 saturated heterocycles. The zero-order valence-electron chi connectivity index (χ0n) is 9.04. The van der Waals surface area contributed by atoms with E-state index >= 15 is 0 Å². The fraction of sp³-hybridized carbons (Fsp3) is 1.00. The molecule has 2 fully saturated rings. The van der Waals surface area contributed by atoms with Crippen LogP contribution in [0, 0.1) is 0 Å². The third kappa shape index (κ3) is 2.63. The zero-order chi connectivity index (χ0) is 10.0. The van der Waals surface area contributed by atoms with Gasteiger partial charge in [0, 0.05) is 44.0 Å². The molecule has 2 N–H and O–H groups in total. The summed E-state index contributed by atoms with van der Waals surface area (Å²) in [6.07, 6.45) is 1.20. The Morgan fingerprint density at radius 3 is 2.57 bits per heavy atom. The van der Waals surface area contributed by atoms with Crippen LogP contribution in [0.5, 0.6) is 0 Å². The van der Waals surface area contributed by atoms with Crippen LogP contribution in [0.3, 0.4) is 0 Å². The van der Waals surface area contributed by atoms with E-state index in [0.717, 1.165) is 12.3 Å². The summed E-state index contributed by atoms with van der Waals surface area (Å²) >= 11 is 2.01. The lowest BCUT2D eigenvalue weighted by Gasteiger charge is -2.37. The number of nitrogens with two attached hydrogens (primary N) is 1. The molecule has 0 radical (unpaired) electrons. The van der Waals surface area contributed by atoms with Crippen LogP contribution in [0.2, 0.25) is 0 Å². The van der Waals surface area contributed by atoms with E-state index < -0.39 is 0 Å². The van der Waals surface area contributed by atoms with Gasteiger partial charge in [0.15, 0.2) is 0 Å². The van der Waals surface area contributed by atoms with Gasteiger partial charge in [-0.2, -0.15) is 11.8 Å². The molecule has 82 valence electrons. The molecule has 0 saturated carbocycles. The molecule has 0 spiro atoms. The number of hydrogen-bond donors (Lipinski definition) is 1. The largest absolute Gasteiger partial charge is 0.323 e. The lowest BCUT2D eigenvalue weighted by molar-refractivity contribution is 0.132. The summed E-state index contributed by atoms with van der Waals surface area (Å²) in [5.74, 6) is 2.41. The topological polar surface area (TPSA) is 32.5 Å². The summed E-state index contributed by atoms with van der Waals surface area (Å²) in [7, 11) is 2.20.